The molecule has 0 saturated carbocycles. The molecule has 1 aromatic rings. The van der Waals surface area contributed by atoms with Crippen molar-refractivity contribution in [3.8, 4) is 0 Å². The molecule has 1 aromatic carbocycles. The van der Waals surface area contributed by atoms with E-state index >= 15 is 0 Å². The maximum absolute atomic E-state index is 12.0. The summed E-state index contributed by atoms with van der Waals surface area (Å²) in [6.07, 6.45) is 5.44. The third kappa shape index (κ3) is 2.15. The van der Waals surface area contributed by atoms with Crippen molar-refractivity contribution in [2.24, 2.45) is 5.73 Å². The third-order valence-electron chi connectivity index (χ3n) is 2.44. The first-order valence-electron chi connectivity index (χ1n) is 5.03. The number of benzene rings is 1. The van der Waals surface area contributed by atoms with Gasteiger partial charge in [0.05, 0.1) is 0 Å². The highest BCUT2D eigenvalue weighted by atomic mass is 16.1. The summed E-state index contributed by atoms with van der Waals surface area (Å²) >= 11 is 0. The summed E-state index contributed by atoms with van der Waals surface area (Å²) in [6.45, 7) is 0. The summed E-state index contributed by atoms with van der Waals surface area (Å²) in [5.41, 5.74) is 7.93. The molecular weight excluding hydrogens is 186 g/mol. The van der Waals surface area contributed by atoms with Crippen molar-refractivity contribution in [2.75, 3.05) is 0 Å². The predicted octanol–water partition coefficient (Wildman–Crippen LogP) is 2.43. The van der Waals surface area contributed by atoms with Crippen LogP contribution in [0.1, 0.15) is 23.2 Å². The number of carbonyl (C=O) groups excluding carboxylic acids is 1. The van der Waals surface area contributed by atoms with Crippen LogP contribution in [0.3, 0.4) is 0 Å². The van der Waals surface area contributed by atoms with Crippen LogP contribution in [0.15, 0.2) is 53.8 Å². The van der Waals surface area contributed by atoms with E-state index in [1.807, 2.05) is 36.4 Å². The molecule has 2 N–H and O–H groups in total. The summed E-state index contributed by atoms with van der Waals surface area (Å²) in [6, 6.07) is 9.27. The number of nitrogens with two attached hydrogens (primary N) is 1. The maximum atomic E-state index is 12.0. The second kappa shape index (κ2) is 4.13. The summed E-state index contributed by atoms with van der Waals surface area (Å²) in [5.74, 6) is 0.0539. The highest BCUT2D eigenvalue weighted by molar-refractivity contribution is 6.10. The van der Waals surface area contributed by atoms with E-state index in [1.54, 1.807) is 6.08 Å². The number of carbonyl (C=O) groups is 1. The van der Waals surface area contributed by atoms with Crippen molar-refractivity contribution >= 4 is 5.78 Å². The molecule has 0 aromatic heterocycles. The van der Waals surface area contributed by atoms with E-state index in [9.17, 15) is 4.79 Å². The van der Waals surface area contributed by atoms with Crippen LogP contribution < -0.4 is 5.73 Å². The lowest BCUT2D eigenvalue weighted by molar-refractivity contribution is 0.103. The average molecular weight is 199 g/mol. The molecule has 0 atom stereocenters. The normalized spacial score (nSPS) is 15.5. The Labute approximate surface area is 89.1 Å². The second-order valence-electron chi connectivity index (χ2n) is 3.61. The molecule has 0 radical (unpaired) electrons. The van der Waals surface area contributed by atoms with Crippen molar-refractivity contribution in [1.82, 2.24) is 0 Å². The molecule has 0 unspecified atom stereocenters. The maximum Gasteiger partial charge on any atom is 0.192 e. The molecular formula is C13H13NO. The fraction of sp³-hybridized carbons (Fsp3) is 0.154. The van der Waals surface area contributed by atoms with E-state index in [4.69, 9.17) is 5.73 Å². The van der Waals surface area contributed by atoms with Crippen LogP contribution in [-0.4, -0.2) is 5.78 Å². The average Bonchev–Trinajstić information content (AvgIpc) is 2.29. The summed E-state index contributed by atoms with van der Waals surface area (Å²) in [7, 11) is 0. The van der Waals surface area contributed by atoms with Gasteiger partial charge in [-0.25, -0.2) is 0 Å². The minimum absolute atomic E-state index is 0.0539. The largest absolute Gasteiger partial charge is 0.402 e. The standard InChI is InChI=1S/C13H13NO/c14-12-8-4-7-11(9-12)13(15)10-5-2-1-3-6-10/h1-3,5-7,9H,4,8,14H2. The molecule has 15 heavy (non-hydrogen) atoms. The van der Waals surface area contributed by atoms with Crippen LogP contribution >= 0.6 is 0 Å². The van der Waals surface area contributed by atoms with Gasteiger partial charge >= 0.3 is 0 Å². The molecule has 0 fully saturated rings. The van der Waals surface area contributed by atoms with Crippen molar-refractivity contribution in [2.45, 2.75) is 12.8 Å². The Morgan fingerprint density at radius 2 is 1.93 bits per heavy atom. The highest BCUT2D eigenvalue weighted by Gasteiger charge is 2.12. The van der Waals surface area contributed by atoms with E-state index in [1.165, 1.54) is 0 Å². The number of Topliss-reactive ketones (excluding diaryl/α,β-unsaturated/α-hetero) is 1. The van der Waals surface area contributed by atoms with Gasteiger partial charge in [0.25, 0.3) is 0 Å². The Hall–Kier alpha value is -1.83. The molecule has 0 amide bonds. The van der Waals surface area contributed by atoms with Crippen LogP contribution in [0.2, 0.25) is 0 Å². The SMILES string of the molecule is NC1=CC(C(=O)c2ccccc2)=CCC1. The molecule has 2 heteroatoms. The first-order chi connectivity index (χ1) is 7.27. The Morgan fingerprint density at radius 3 is 2.60 bits per heavy atom. The van der Waals surface area contributed by atoms with E-state index in [0.717, 1.165) is 24.1 Å². The van der Waals surface area contributed by atoms with Gasteiger partial charge in [-0.1, -0.05) is 36.4 Å². The minimum Gasteiger partial charge on any atom is -0.402 e. The van der Waals surface area contributed by atoms with Crippen molar-refractivity contribution in [3.63, 3.8) is 0 Å². The van der Waals surface area contributed by atoms with E-state index < -0.39 is 0 Å². The molecule has 2 rings (SSSR count). The van der Waals surface area contributed by atoms with Crippen LogP contribution in [-0.2, 0) is 0 Å². The van der Waals surface area contributed by atoms with Gasteiger partial charge in [-0.05, 0) is 18.9 Å². The number of hydrogen-bond acceptors (Lipinski definition) is 2. The van der Waals surface area contributed by atoms with Crippen LogP contribution in [0, 0.1) is 0 Å². The number of rotatable bonds is 2. The first-order valence-corrected chi connectivity index (χ1v) is 5.03. The van der Waals surface area contributed by atoms with Gasteiger partial charge in [0.2, 0.25) is 0 Å². The van der Waals surface area contributed by atoms with Gasteiger partial charge in [0.1, 0.15) is 0 Å². The lowest BCUT2D eigenvalue weighted by Gasteiger charge is -2.09. The topological polar surface area (TPSA) is 43.1 Å². The zero-order valence-electron chi connectivity index (χ0n) is 8.44. The lowest BCUT2D eigenvalue weighted by atomic mass is 9.97. The van der Waals surface area contributed by atoms with Gasteiger partial charge in [0.15, 0.2) is 5.78 Å². The zero-order chi connectivity index (χ0) is 10.7. The number of hydrogen-bond donors (Lipinski definition) is 1. The van der Waals surface area contributed by atoms with Gasteiger partial charge in [-0.2, -0.15) is 0 Å². The molecule has 0 aliphatic heterocycles. The molecule has 1 aliphatic rings. The highest BCUT2D eigenvalue weighted by Crippen LogP contribution is 2.17. The van der Waals surface area contributed by atoms with Crippen molar-refractivity contribution in [1.29, 1.82) is 0 Å². The molecule has 76 valence electrons. The fourth-order valence-electron chi connectivity index (χ4n) is 1.64. The Morgan fingerprint density at radius 1 is 1.20 bits per heavy atom. The van der Waals surface area contributed by atoms with Crippen LogP contribution in [0.5, 0.6) is 0 Å². The van der Waals surface area contributed by atoms with Crippen LogP contribution in [0.25, 0.3) is 0 Å². The molecule has 0 spiro atoms. The van der Waals surface area contributed by atoms with Gasteiger partial charge in [0, 0.05) is 16.8 Å². The Kier molecular flexibility index (Phi) is 2.68. The molecule has 0 bridgehead atoms. The minimum atomic E-state index is 0.0539. The lowest BCUT2D eigenvalue weighted by Crippen LogP contribution is -2.08. The van der Waals surface area contributed by atoms with Crippen molar-refractivity contribution in [3.05, 3.63) is 59.3 Å². The predicted molar refractivity (Wildman–Crippen MR) is 60.4 cm³/mol. The smallest absolute Gasteiger partial charge is 0.192 e. The Bertz CT molecular complexity index is 429. The molecule has 1 aliphatic carbocycles. The quantitative estimate of drug-likeness (QED) is 0.743. The number of ketones is 1. The number of allylic oxidation sites excluding steroid dienone is 4. The first kappa shape index (κ1) is 9.71. The van der Waals surface area contributed by atoms with E-state index in [-0.39, 0.29) is 5.78 Å². The van der Waals surface area contributed by atoms with E-state index in [0.29, 0.717) is 5.57 Å². The summed E-state index contributed by atoms with van der Waals surface area (Å²) < 4.78 is 0. The van der Waals surface area contributed by atoms with Crippen molar-refractivity contribution < 1.29 is 4.79 Å². The van der Waals surface area contributed by atoms with Crippen LogP contribution in [0.4, 0.5) is 0 Å². The molecule has 0 saturated heterocycles. The van der Waals surface area contributed by atoms with Gasteiger partial charge in [-0.15, -0.1) is 0 Å². The monoisotopic (exact) mass is 199 g/mol. The molecule has 2 nitrogen and oxygen atoms in total. The van der Waals surface area contributed by atoms with E-state index in [2.05, 4.69) is 0 Å². The van der Waals surface area contributed by atoms with Gasteiger partial charge < -0.3 is 5.73 Å². The zero-order valence-corrected chi connectivity index (χ0v) is 8.44. The second-order valence-corrected chi connectivity index (χ2v) is 3.61. The molecule has 0 heterocycles. The van der Waals surface area contributed by atoms with Gasteiger partial charge in [-0.3, -0.25) is 4.79 Å². The summed E-state index contributed by atoms with van der Waals surface area (Å²) in [5, 5.41) is 0. The third-order valence-corrected chi connectivity index (χ3v) is 2.44. The Balaban J connectivity index is 2.26. The fourth-order valence-corrected chi connectivity index (χ4v) is 1.64. The summed E-state index contributed by atoms with van der Waals surface area (Å²) in [4.78, 5) is 12.0.